The van der Waals surface area contributed by atoms with E-state index >= 15 is 0 Å². The second-order valence-electron chi connectivity index (χ2n) is 4.13. The number of nitrogens with one attached hydrogen (secondary N) is 1. The molecule has 2 rings (SSSR count). The highest BCUT2D eigenvalue weighted by molar-refractivity contribution is 6.31. The van der Waals surface area contributed by atoms with E-state index in [1.165, 1.54) is 30.5 Å². The van der Waals surface area contributed by atoms with E-state index in [2.05, 4.69) is 10.3 Å². The van der Waals surface area contributed by atoms with E-state index in [9.17, 15) is 9.18 Å². The Hall–Kier alpha value is -2.34. The van der Waals surface area contributed by atoms with Gasteiger partial charge >= 0.3 is 5.97 Å². The summed E-state index contributed by atoms with van der Waals surface area (Å²) in [6, 6.07) is 5.61. The molecular weight excluding hydrogens is 297 g/mol. The average molecular weight is 310 g/mol. The summed E-state index contributed by atoms with van der Waals surface area (Å²) >= 11 is 5.70. The molecule has 110 valence electrons. The van der Waals surface area contributed by atoms with Crippen molar-refractivity contribution in [3.63, 3.8) is 0 Å². The zero-order chi connectivity index (χ0) is 15.4. The molecule has 0 aliphatic heterocycles. The van der Waals surface area contributed by atoms with Gasteiger partial charge < -0.3 is 15.8 Å². The summed E-state index contributed by atoms with van der Waals surface area (Å²) < 4.78 is 18.0. The van der Waals surface area contributed by atoms with Crippen molar-refractivity contribution in [2.24, 2.45) is 0 Å². The summed E-state index contributed by atoms with van der Waals surface area (Å²) in [5.41, 5.74) is 6.66. The van der Waals surface area contributed by atoms with E-state index in [0.29, 0.717) is 11.5 Å². The SMILES string of the molecule is CCOC(=O)c1cc(Nc2ccc(F)c(Cl)c2)ncc1N. The van der Waals surface area contributed by atoms with E-state index in [-0.39, 0.29) is 22.9 Å². The Kier molecular flexibility index (Phi) is 4.59. The number of nitrogens with two attached hydrogens (primary N) is 1. The highest BCUT2D eigenvalue weighted by Crippen LogP contribution is 2.23. The fourth-order valence-corrected chi connectivity index (χ4v) is 1.82. The van der Waals surface area contributed by atoms with Crippen molar-refractivity contribution in [2.45, 2.75) is 6.92 Å². The van der Waals surface area contributed by atoms with Crippen LogP contribution in [0, 0.1) is 5.82 Å². The lowest BCUT2D eigenvalue weighted by Crippen LogP contribution is -2.09. The molecule has 0 amide bonds. The molecule has 0 unspecified atom stereocenters. The van der Waals surface area contributed by atoms with Gasteiger partial charge in [0.1, 0.15) is 11.6 Å². The lowest BCUT2D eigenvalue weighted by molar-refractivity contribution is 0.0527. The van der Waals surface area contributed by atoms with Gasteiger partial charge in [0.05, 0.1) is 29.1 Å². The predicted octanol–water partition coefficient (Wildman–Crippen LogP) is 3.38. The molecule has 1 aromatic heterocycles. The van der Waals surface area contributed by atoms with Gasteiger partial charge in [0.25, 0.3) is 0 Å². The van der Waals surface area contributed by atoms with Crippen molar-refractivity contribution in [1.29, 1.82) is 0 Å². The van der Waals surface area contributed by atoms with Crippen LogP contribution in [0.2, 0.25) is 5.02 Å². The Morgan fingerprint density at radius 3 is 2.90 bits per heavy atom. The third-order valence-electron chi connectivity index (χ3n) is 2.62. The average Bonchev–Trinajstić information content (AvgIpc) is 2.45. The number of hydrogen-bond donors (Lipinski definition) is 2. The largest absolute Gasteiger partial charge is 0.462 e. The molecule has 0 atom stereocenters. The second kappa shape index (κ2) is 6.41. The Labute approximate surface area is 125 Å². The molecule has 1 heterocycles. The zero-order valence-corrected chi connectivity index (χ0v) is 11.9. The van der Waals surface area contributed by atoms with Gasteiger partial charge in [-0.25, -0.2) is 14.2 Å². The number of hydrogen-bond acceptors (Lipinski definition) is 5. The van der Waals surface area contributed by atoms with E-state index in [1.54, 1.807) is 6.92 Å². The van der Waals surface area contributed by atoms with Crippen LogP contribution >= 0.6 is 11.6 Å². The summed E-state index contributed by atoms with van der Waals surface area (Å²) in [6.07, 6.45) is 1.35. The molecule has 0 radical (unpaired) electrons. The first-order chi connectivity index (χ1) is 10.0. The van der Waals surface area contributed by atoms with Gasteiger partial charge in [-0.05, 0) is 31.2 Å². The maximum Gasteiger partial charge on any atom is 0.340 e. The molecule has 0 spiro atoms. The van der Waals surface area contributed by atoms with Crippen molar-refractivity contribution in [3.8, 4) is 0 Å². The molecule has 21 heavy (non-hydrogen) atoms. The number of ether oxygens (including phenoxy) is 1. The lowest BCUT2D eigenvalue weighted by Gasteiger charge is -2.09. The minimum Gasteiger partial charge on any atom is -0.462 e. The molecule has 2 aromatic rings. The van der Waals surface area contributed by atoms with Gasteiger partial charge in [-0.2, -0.15) is 0 Å². The number of anilines is 3. The highest BCUT2D eigenvalue weighted by Gasteiger charge is 2.12. The summed E-state index contributed by atoms with van der Waals surface area (Å²) in [5, 5.41) is 2.90. The fourth-order valence-electron chi connectivity index (χ4n) is 1.64. The number of benzene rings is 1. The van der Waals surface area contributed by atoms with Crippen LogP contribution in [0.5, 0.6) is 0 Å². The van der Waals surface area contributed by atoms with Crippen molar-refractivity contribution < 1.29 is 13.9 Å². The smallest absolute Gasteiger partial charge is 0.340 e. The molecule has 0 saturated carbocycles. The predicted molar refractivity (Wildman–Crippen MR) is 79.3 cm³/mol. The Balaban J connectivity index is 2.26. The Bertz CT molecular complexity index is 679. The second-order valence-corrected chi connectivity index (χ2v) is 4.54. The third-order valence-corrected chi connectivity index (χ3v) is 2.91. The number of carbonyl (C=O) groups excluding carboxylic acids is 1. The molecule has 0 aliphatic carbocycles. The van der Waals surface area contributed by atoms with E-state index in [0.717, 1.165) is 0 Å². The van der Waals surface area contributed by atoms with E-state index in [4.69, 9.17) is 22.1 Å². The van der Waals surface area contributed by atoms with Crippen molar-refractivity contribution in [3.05, 3.63) is 46.9 Å². The number of nitrogens with zero attached hydrogens (tertiary/aromatic N) is 1. The normalized spacial score (nSPS) is 10.2. The number of halogens is 2. The van der Waals surface area contributed by atoms with Crippen LogP contribution in [0.25, 0.3) is 0 Å². The van der Waals surface area contributed by atoms with Gasteiger partial charge in [0.15, 0.2) is 0 Å². The molecule has 5 nitrogen and oxygen atoms in total. The monoisotopic (exact) mass is 309 g/mol. The van der Waals surface area contributed by atoms with Crippen LogP contribution in [0.15, 0.2) is 30.5 Å². The van der Waals surface area contributed by atoms with Crippen LogP contribution < -0.4 is 11.1 Å². The van der Waals surface area contributed by atoms with E-state index < -0.39 is 11.8 Å². The number of rotatable bonds is 4. The molecule has 3 N–H and O–H groups in total. The summed E-state index contributed by atoms with van der Waals surface area (Å²) in [4.78, 5) is 15.8. The lowest BCUT2D eigenvalue weighted by atomic mass is 10.2. The van der Waals surface area contributed by atoms with Crippen molar-refractivity contribution in [1.82, 2.24) is 4.98 Å². The molecule has 0 fully saturated rings. The first-order valence-corrected chi connectivity index (χ1v) is 6.53. The molecule has 0 bridgehead atoms. The van der Waals surface area contributed by atoms with Crippen LogP contribution in [0.1, 0.15) is 17.3 Å². The number of aromatic nitrogens is 1. The molecule has 1 aromatic carbocycles. The standard InChI is InChI=1S/C14H13ClFN3O2/c1-2-21-14(20)9-6-13(18-7-12(9)17)19-8-3-4-11(16)10(15)5-8/h3-7H,2,17H2,1H3,(H,18,19). The van der Waals surface area contributed by atoms with Crippen LogP contribution in [0.4, 0.5) is 21.6 Å². The molecular formula is C14H13ClFN3O2. The van der Waals surface area contributed by atoms with Gasteiger partial charge in [-0.1, -0.05) is 11.6 Å². The number of esters is 1. The maximum absolute atomic E-state index is 13.1. The summed E-state index contributed by atoms with van der Waals surface area (Å²) in [5.74, 6) is -0.674. The first-order valence-electron chi connectivity index (χ1n) is 6.16. The van der Waals surface area contributed by atoms with Crippen LogP contribution in [-0.4, -0.2) is 17.6 Å². The first kappa shape index (κ1) is 15.1. The topological polar surface area (TPSA) is 77.2 Å². The molecule has 0 aliphatic rings. The zero-order valence-electron chi connectivity index (χ0n) is 11.2. The summed E-state index contributed by atoms with van der Waals surface area (Å²) in [7, 11) is 0. The van der Waals surface area contributed by atoms with Crippen LogP contribution in [0.3, 0.4) is 0 Å². The van der Waals surface area contributed by atoms with Gasteiger partial charge in [0, 0.05) is 5.69 Å². The van der Waals surface area contributed by atoms with Crippen molar-refractivity contribution in [2.75, 3.05) is 17.7 Å². The van der Waals surface area contributed by atoms with Crippen LogP contribution in [-0.2, 0) is 4.74 Å². The number of pyridine rings is 1. The highest BCUT2D eigenvalue weighted by atomic mass is 35.5. The molecule has 0 saturated heterocycles. The van der Waals surface area contributed by atoms with Gasteiger partial charge in [-0.15, -0.1) is 0 Å². The fraction of sp³-hybridized carbons (Fsp3) is 0.143. The Morgan fingerprint density at radius 2 is 2.24 bits per heavy atom. The minimum absolute atomic E-state index is 0.0129. The number of carbonyl (C=O) groups is 1. The minimum atomic E-state index is -0.530. The Morgan fingerprint density at radius 1 is 1.48 bits per heavy atom. The third kappa shape index (κ3) is 3.61. The summed E-state index contributed by atoms with van der Waals surface area (Å²) in [6.45, 7) is 1.95. The van der Waals surface area contributed by atoms with Gasteiger partial charge in [0.2, 0.25) is 0 Å². The number of nitrogen functional groups attached to an aromatic ring is 1. The van der Waals surface area contributed by atoms with Crippen molar-refractivity contribution >= 4 is 34.8 Å². The quantitative estimate of drug-likeness (QED) is 0.847. The molecule has 7 heteroatoms. The van der Waals surface area contributed by atoms with Gasteiger partial charge in [-0.3, -0.25) is 0 Å². The maximum atomic E-state index is 13.1. The van der Waals surface area contributed by atoms with E-state index in [1.807, 2.05) is 0 Å².